The molecule has 1 aromatic carbocycles. The monoisotopic (exact) mass is 457 g/mol. The van der Waals surface area contributed by atoms with E-state index in [2.05, 4.69) is 15.3 Å². The van der Waals surface area contributed by atoms with Crippen LogP contribution in [-0.4, -0.2) is 67.9 Å². The van der Waals surface area contributed by atoms with Gasteiger partial charge < -0.3 is 20.9 Å². The van der Waals surface area contributed by atoms with E-state index in [-0.39, 0.29) is 30.2 Å². The fourth-order valence-corrected chi connectivity index (χ4v) is 4.48. The summed E-state index contributed by atoms with van der Waals surface area (Å²) < 4.78 is 58.5. The predicted molar refractivity (Wildman–Crippen MR) is 107 cm³/mol. The van der Waals surface area contributed by atoms with Gasteiger partial charge >= 0.3 is 0 Å². The highest BCUT2D eigenvalue weighted by Gasteiger charge is 2.36. The summed E-state index contributed by atoms with van der Waals surface area (Å²) in [6.45, 7) is 0.625. The standard InChI is InChI=1S/C18H21F2N5O5S/c1-30-13-4-3-10(19)15(20)14(13)16(27)9-7-23-18(24-17(9)21)25(31(2,28)29)11-5-6-22-8-12(11)26/h3-4,7,11-12,22,26H,5-6,8H2,1-2H3,(H2,21,23,24). The molecule has 0 amide bonds. The highest BCUT2D eigenvalue weighted by Crippen LogP contribution is 2.29. The van der Waals surface area contributed by atoms with Crippen molar-refractivity contribution in [3.05, 3.63) is 41.1 Å². The number of nitrogens with two attached hydrogens (primary N) is 1. The molecule has 31 heavy (non-hydrogen) atoms. The van der Waals surface area contributed by atoms with E-state index in [1.54, 1.807) is 0 Å². The molecule has 0 bridgehead atoms. The summed E-state index contributed by atoms with van der Waals surface area (Å²) >= 11 is 0. The van der Waals surface area contributed by atoms with Gasteiger partial charge in [0.2, 0.25) is 21.8 Å². The van der Waals surface area contributed by atoms with E-state index < -0.39 is 51.0 Å². The number of aliphatic hydroxyl groups is 1. The van der Waals surface area contributed by atoms with Crippen LogP contribution >= 0.6 is 0 Å². The summed E-state index contributed by atoms with van der Waals surface area (Å²) in [7, 11) is -2.74. The lowest BCUT2D eigenvalue weighted by molar-refractivity contribution is 0.103. The first-order valence-electron chi connectivity index (χ1n) is 9.13. The number of piperidine rings is 1. The molecular formula is C18H21F2N5O5S. The number of nitrogen functional groups attached to an aromatic ring is 1. The number of ether oxygens (including phenoxy) is 1. The molecule has 0 spiro atoms. The van der Waals surface area contributed by atoms with Gasteiger partial charge in [0, 0.05) is 12.7 Å². The van der Waals surface area contributed by atoms with E-state index >= 15 is 0 Å². The molecule has 168 valence electrons. The van der Waals surface area contributed by atoms with Crippen molar-refractivity contribution in [3.63, 3.8) is 0 Å². The van der Waals surface area contributed by atoms with Gasteiger partial charge in [0.1, 0.15) is 17.1 Å². The maximum Gasteiger partial charge on any atom is 0.241 e. The largest absolute Gasteiger partial charge is 0.496 e. The molecule has 2 atom stereocenters. The van der Waals surface area contributed by atoms with E-state index in [0.29, 0.717) is 6.54 Å². The Morgan fingerprint density at radius 2 is 2.10 bits per heavy atom. The molecule has 3 rings (SSSR count). The normalized spacial score (nSPS) is 19.1. The third-order valence-electron chi connectivity index (χ3n) is 4.82. The highest BCUT2D eigenvalue weighted by atomic mass is 32.2. The van der Waals surface area contributed by atoms with Gasteiger partial charge in [0.25, 0.3) is 0 Å². The number of aromatic nitrogens is 2. The Balaban J connectivity index is 2.05. The van der Waals surface area contributed by atoms with Crippen molar-refractivity contribution < 1.29 is 31.8 Å². The lowest BCUT2D eigenvalue weighted by Gasteiger charge is -2.36. The zero-order chi connectivity index (χ0) is 22.9. The van der Waals surface area contributed by atoms with Crippen LogP contribution in [0.2, 0.25) is 0 Å². The van der Waals surface area contributed by atoms with E-state index in [9.17, 15) is 27.1 Å². The van der Waals surface area contributed by atoms with Crippen molar-refractivity contribution in [2.75, 3.05) is 36.5 Å². The van der Waals surface area contributed by atoms with Crippen molar-refractivity contribution in [2.45, 2.75) is 18.6 Å². The maximum absolute atomic E-state index is 14.3. The molecule has 2 unspecified atom stereocenters. The third-order valence-corrected chi connectivity index (χ3v) is 5.97. The SMILES string of the molecule is COc1ccc(F)c(F)c1C(=O)c1cnc(N(C2CCNCC2O)S(C)(=O)=O)nc1N. The molecule has 1 fully saturated rings. The number of hydrogen-bond acceptors (Lipinski definition) is 9. The zero-order valence-corrected chi connectivity index (χ0v) is 17.5. The van der Waals surface area contributed by atoms with Crippen LogP contribution in [0.4, 0.5) is 20.5 Å². The summed E-state index contributed by atoms with van der Waals surface area (Å²) in [5, 5.41) is 13.2. The number of sulfonamides is 1. The van der Waals surface area contributed by atoms with Gasteiger partial charge in [-0.1, -0.05) is 0 Å². The summed E-state index contributed by atoms with van der Waals surface area (Å²) in [4.78, 5) is 20.6. The molecule has 1 aliphatic rings. The van der Waals surface area contributed by atoms with Crippen LogP contribution in [0.25, 0.3) is 0 Å². The number of β-amino-alcohol motifs (C(OH)–C–C–N with tert-alkyl or cyclic N) is 1. The summed E-state index contributed by atoms with van der Waals surface area (Å²) in [5.74, 6) is -4.74. The molecular weight excluding hydrogens is 436 g/mol. The van der Waals surface area contributed by atoms with Crippen LogP contribution in [-0.2, 0) is 10.0 Å². The number of rotatable bonds is 6. The van der Waals surface area contributed by atoms with Crippen LogP contribution in [0.3, 0.4) is 0 Å². The zero-order valence-electron chi connectivity index (χ0n) is 16.7. The average Bonchev–Trinajstić information content (AvgIpc) is 2.70. The fourth-order valence-electron chi connectivity index (χ4n) is 3.36. The second-order valence-electron chi connectivity index (χ2n) is 6.92. The minimum absolute atomic E-state index is 0.168. The number of anilines is 2. The molecule has 0 aliphatic carbocycles. The number of hydrogen-bond donors (Lipinski definition) is 3. The quantitative estimate of drug-likeness (QED) is 0.512. The minimum atomic E-state index is -3.93. The molecule has 1 saturated heterocycles. The van der Waals surface area contributed by atoms with Crippen molar-refractivity contribution >= 4 is 27.6 Å². The number of halogens is 2. The van der Waals surface area contributed by atoms with Gasteiger partial charge in [-0.05, 0) is 25.1 Å². The van der Waals surface area contributed by atoms with Gasteiger partial charge in [0.05, 0.1) is 31.1 Å². The van der Waals surface area contributed by atoms with Crippen LogP contribution in [0.5, 0.6) is 5.75 Å². The van der Waals surface area contributed by atoms with Crippen LogP contribution in [0.15, 0.2) is 18.3 Å². The number of aliphatic hydroxyl groups excluding tert-OH is 1. The predicted octanol–water partition coefficient (Wildman–Crippen LogP) is 0.0654. The lowest BCUT2D eigenvalue weighted by Crippen LogP contribution is -2.55. The first kappa shape index (κ1) is 22.8. The van der Waals surface area contributed by atoms with E-state index in [1.165, 1.54) is 7.11 Å². The third kappa shape index (κ3) is 4.43. The smallest absolute Gasteiger partial charge is 0.241 e. The Bertz CT molecular complexity index is 1110. The number of methoxy groups -OCH3 is 1. The topological polar surface area (TPSA) is 148 Å². The van der Waals surface area contributed by atoms with Crippen molar-refractivity contribution in [3.8, 4) is 5.75 Å². The second kappa shape index (κ2) is 8.69. The van der Waals surface area contributed by atoms with Crippen molar-refractivity contribution in [2.24, 2.45) is 0 Å². The number of carbonyl (C=O) groups excluding carboxylic acids is 1. The van der Waals surface area contributed by atoms with Gasteiger partial charge in [0.15, 0.2) is 11.6 Å². The summed E-state index contributed by atoms with van der Waals surface area (Å²) in [6.07, 6.45) is 1.10. The Hall–Kier alpha value is -2.90. The number of nitrogens with zero attached hydrogens (tertiary/aromatic N) is 3. The van der Waals surface area contributed by atoms with Gasteiger partial charge in [-0.2, -0.15) is 4.98 Å². The number of ketones is 1. The van der Waals surface area contributed by atoms with E-state index in [4.69, 9.17) is 10.5 Å². The Morgan fingerprint density at radius 1 is 1.39 bits per heavy atom. The molecule has 2 aromatic rings. The van der Waals surface area contributed by atoms with Gasteiger partial charge in [-0.15, -0.1) is 0 Å². The Kier molecular flexibility index (Phi) is 6.38. The van der Waals surface area contributed by atoms with Crippen molar-refractivity contribution in [1.29, 1.82) is 0 Å². The number of carbonyl (C=O) groups is 1. The maximum atomic E-state index is 14.3. The molecule has 13 heteroatoms. The Labute approximate surface area is 177 Å². The lowest BCUT2D eigenvalue weighted by atomic mass is 10.0. The van der Waals surface area contributed by atoms with Crippen molar-refractivity contribution in [1.82, 2.24) is 15.3 Å². The van der Waals surface area contributed by atoms with Crippen LogP contribution < -0.4 is 20.1 Å². The molecule has 2 heterocycles. The van der Waals surface area contributed by atoms with Crippen LogP contribution in [0.1, 0.15) is 22.3 Å². The minimum Gasteiger partial charge on any atom is -0.496 e. The fraction of sp³-hybridized carbons (Fsp3) is 0.389. The summed E-state index contributed by atoms with van der Waals surface area (Å²) in [6, 6.07) is 1.04. The van der Waals surface area contributed by atoms with Gasteiger partial charge in [-0.25, -0.2) is 26.5 Å². The number of nitrogens with one attached hydrogen (secondary N) is 1. The molecule has 4 N–H and O–H groups in total. The first-order chi connectivity index (χ1) is 14.6. The van der Waals surface area contributed by atoms with Crippen LogP contribution in [0, 0.1) is 11.6 Å². The molecule has 0 saturated carbocycles. The van der Waals surface area contributed by atoms with E-state index in [0.717, 1.165) is 28.9 Å². The second-order valence-corrected chi connectivity index (χ2v) is 8.78. The number of benzene rings is 1. The molecule has 10 nitrogen and oxygen atoms in total. The van der Waals surface area contributed by atoms with Gasteiger partial charge in [-0.3, -0.25) is 4.79 Å². The highest BCUT2D eigenvalue weighted by molar-refractivity contribution is 7.92. The van der Waals surface area contributed by atoms with E-state index in [1.807, 2.05) is 0 Å². The molecule has 0 radical (unpaired) electrons. The molecule has 1 aromatic heterocycles. The Morgan fingerprint density at radius 3 is 2.68 bits per heavy atom. The molecule has 1 aliphatic heterocycles. The summed E-state index contributed by atoms with van der Waals surface area (Å²) in [5.41, 5.74) is 4.79. The average molecular weight is 457 g/mol. The first-order valence-corrected chi connectivity index (χ1v) is 11.0.